The lowest BCUT2D eigenvalue weighted by Crippen LogP contribution is -2.48. The Hall–Kier alpha value is -4.72. The Bertz CT molecular complexity index is 1910. The number of hydrogen-bond donors (Lipinski definition) is 2. The molecule has 2 amide bonds. The first-order chi connectivity index (χ1) is 22.3. The molecule has 4 aromatic rings. The summed E-state index contributed by atoms with van der Waals surface area (Å²) in [6.07, 6.45) is 5.61. The van der Waals surface area contributed by atoms with Crippen LogP contribution in [0.25, 0.3) is 22.2 Å². The molecule has 6 rings (SSSR count). The van der Waals surface area contributed by atoms with Gasteiger partial charge in [0.2, 0.25) is 0 Å². The number of fused-ring (bicyclic) bond motifs is 2. The molecular weight excluding hydrogens is 594 g/mol. The van der Waals surface area contributed by atoms with Crippen molar-refractivity contribution in [3.8, 4) is 23.0 Å². The molecule has 3 aromatic heterocycles. The van der Waals surface area contributed by atoms with Crippen molar-refractivity contribution in [3.63, 3.8) is 0 Å². The molecule has 47 heavy (non-hydrogen) atoms. The van der Waals surface area contributed by atoms with Gasteiger partial charge in [-0.25, -0.2) is 14.8 Å². The standard InChI is InChI=1S/C37H41N5O5/c1-23-8-7-12-38-31(23)10-9-25-19-39-33-28(25)18-27(20-40-33)26-16-24-11-13-41(34(43)37(5,6)45)21-30(24)29(17-26)32-22-46-15-14-42(32)35(44)47-36(2,3)4/h7-8,12,16-20,32,45H,11,13-15,21-22H2,1-6H3,(H,39,40)/t32-/m0/s1. The molecule has 0 bridgehead atoms. The number of aliphatic hydroxyl groups is 1. The third-order valence-corrected chi connectivity index (χ3v) is 8.49. The molecule has 0 aliphatic carbocycles. The fraction of sp³-hybridized carbons (Fsp3) is 0.405. The highest BCUT2D eigenvalue weighted by Gasteiger charge is 2.37. The highest BCUT2D eigenvalue weighted by molar-refractivity contribution is 5.88. The van der Waals surface area contributed by atoms with Crippen LogP contribution < -0.4 is 0 Å². The molecule has 1 saturated heterocycles. The maximum absolute atomic E-state index is 13.5. The third-order valence-electron chi connectivity index (χ3n) is 8.49. The van der Waals surface area contributed by atoms with Gasteiger partial charge >= 0.3 is 6.09 Å². The fourth-order valence-electron chi connectivity index (χ4n) is 6.13. The maximum atomic E-state index is 13.5. The van der Waals surface area contributed by atoms with Crippen LogP contribution in [0.15, 0.2) is 48.9 Å². The molecule has 0 radical (unpaired) electrons. The van der Waals surface area contributed by atoms with Crippen LogP contribution in [0.5, 0.6) is 0 Å². The van der Waals surface area contributed by atoms with Crippen LogP contribution in [-0.2, 0) is 27.2 Å². The molecule has 244 valence electrons. The van der Waals surface area contributed by atoms with Crippen LogP contribution in [0.4, 0.5) is 4.79 Å². The van der Waals surface area contributed by atoms with Gasteiger partial charge in [-0.05, 0) is 99.9 Å². The Morgan fingerprint density at radius 2 is 1.89 bits per heavy atom. The summed E-state index contributed by atoms with van der Waals surface area (Å²) in [6, 6.07) is 9.74. The number of carbonyl (C=O) groups is 2. The van der Waals surface area contributed by atoms with E-state index in [9.17, 15) is 14.7 Å². The van der Waals surface area contributed by atoms with Gasteiger partial charge < -0.3 is 24.5 Å². The van der Waals surface area contributed by atoms with Crippen LogP contribution in [0.2, 0.25) is 0 Å². The molecule has 0 spiro atoms. The van der Waals surface area contributed by atoms with Crippen LogP contribution in [0, 0.1) is 18.8 Å². The molecule has 1 aromatic carbocycles. The summed E-state index contributed by atoms with van der Waals surface area (Å²) in [7, 11) is 0. The zero-order valence-corrected chi connectivity index (χ0v) is 27.8. The van der Waals surface area contributed by atoms with E-state index < -0.39 is 23.3 Å². The number of H-pyrrole nitrogens is 1. The van der Waals surface area contributed by atoms with Gasteiger partial charge in [-0.1, -0.05) is 18.1 Å². The van der Waals surface area contributed by atoms with E-state index >= 15 is 0 Å². The van der Waals surface area contributed by atoms with E-state index in [-0.39, 0.29) is 12.5 Å². The quantitative estimate of drug-likeness (QED) is 0.293. The van der Waals surface area contributed by atoms with Crippen molar-refractivity contribution >= 4 is 23.0 Å². The molecule has 2 N–H and O–H groups in total. The monoisotopic (exact) mass is 635 g/mol. The van der Waals surface area contributed by atoms with E-state index in [1.807, 2.05) is 52.2 Å². The van der Waals surface area contributed by atoms with Crippen molar-refractivity contribution < 1.29 is 24.2 Å². The highest BCUT2D eigenvalue weighted by Crippen LogP contribution is 2.37. The molecule has 0 saturated carbocycles. The number of aromatic nitrogens is 3. The van der Waals surface area contributed by atoms with Gasteiger partial charge in [-0.15, -0.1) is 0 Å². The molecule has 1 fully saturated rings. The van der Waals surface area contributed by atoms with E-state index in [0.717, 1.165) is 55.7 Å². The number of nitrogens with one attached hydrogen (secondary N) is 1. The fourth-order valence-corrected chi connectivity index (χ4v) is 6.13. The van der Waals surface area contributed by atoms with Gasteiger partial charge in [0.15, 0.2) is 0 Å². The number of ether oxygens (including phenoxy) is 2. The van der Waals surface area contributed by atoms with E-state index in [1.54, 1.807) is 16.0 Å². The lowest BCUT2D eigenvalue weighted by atomic mass is 9.86. The number of carbonyl (C=O) groups excluding carboxylic acids is 2. The van der Waals surface area contributed by atoms with Gasteiger partial charge in [0.05, 0.1) is 24.8 Å². The predicted molar refractivity (Wildman–Crippen MR) is 178 cm³/mol. The summed E-state index contributed by atoms with van der Waals surface area (Å²) in [5.74, 6) is 6.12. The van der Waals surface area contributed by atoms with Crippen LogP contribution in [-0.4, -0.2) is 79.4 Å². The van der Waals surface area contributed by atoms with Crippen molar-refractivity contribution in [2.24, 2.45) is 0 Å². The van der Waals surface area contributed by atoms with Crippen molar-refractivity contribution in [2.75, 3.05) is 26.3 Å². The lowest BCUT2D eigenvalue weighted by Gasteiger charge is -2.40. The van der Waals surface area contributed by atoms with Gasteiger partial charge in [-0.2, -0.15) is 0 Å². The van der Waals surface area contributed by atoms with Crippen molar-refractivity contribution in [3.05, 3.63) is 82.4 Å². The molecule has 2 aliphatic rings. The minimum absolute atomic E-state index is 0.288. The summed E-state index contributed by atoms with van der Waals surface area (Å²) in [4.78, 5) is 42.4. The average Bonchev–Trinajstić information content (AvgIpc) is 3.44. The summed E-state index contributed by atoms with van der Waals surface area (Å²) < 4.78 is 11.7. The van der Waals surface area contributed by atoms with Crippen LogP contribution in [0.3, 0.4) is 0 Å². The Balaban J connectivity index is 1.44. The minimum Gasteiger partial charge on any atom is -0.444 e. The second kappa shape index (κ2) is 12.5. The molecule has 5 heterocycles. The Kier molecular flexibility index (Phi) is 8.55. The number of rotatable bonds is 3. The molecular formula is C37H41N5O5. The zero-order valence-electron chi connectivity index (χ0n) is 27.8. The van der Waals surface area contributed by atoms with E-state index in [4.69, 9.17) is 14.5 Å². The number of nitrogens with zero attached hydrogens (tertiary/aromatic N) is 4. The summed E-state index contributed by atoms with van der Waals surface area (Å²) in [5.41, 5.74) is 5.87. The molecule has 10 nitrogen and oxygen atoms in total. The summed E-state index contributed by atoms with van der Waals surface area (Å²) in [5, 5.41) is 11.4. The maximum Gasteiger partial charge on any atom is 0.410 e. The van der Waals surface area contributed by atoms with E-state index in [1.165, 1.54) is 13.8 Å². The second-order valence-corrected chi connectivity index (χ2v) is 13.7. The Labute approximate surface area is 275 Å². The number of aryl methyl sites for hydroxylation is 1. The van der Waals surface area contributed by atoms with E-state index in [0.29, 0.717) is 32.7 Å². The van der Waals surface area contributed by atoms with Crippen molar-refractivity contribution in [1.82, 2.24) is 24.8 Å². The Morgan fingerprint density at radius 3 is 2.64 bits per heavy atom. The van der Waals surface area contributed by atoms with E-state index in [2.05, 4.69) is 40.0 Å². The first-order valence-corrected chi connectivity index (χ1v) is 15.9. The van der Waals surface area contributed by atoms with Gasteiger partial charge in [0.25, 0.3) is 5.91 Å². The number of aromatic amines is 1. The molecule has 10 heteroatoms. The number of pyridine rings is 2. The summed E-state index contributed by atoms with van der Waals surface area (Å²) >= 11 is 0. The zero-order chi connectivity index (χ0) is 33.5. The van der Waals surface area contributed by atoms with Crippen LogP contribution >= 0.6 is 0 Å². The normalized spacial score (nSPS) is 16.8. The average molecular weight is 636 g/mol. The summed E-state index contributed by atoms with van der Waals surface area (Å²) in [6.45, 7) is 12.4. The predicted octanol–water partition coefficient (Wildman–Crippen LogP) is 5.30. The second-order valence-electron chi connectivity index (χ2n) is 13.7. The van der Waals surface area contributed by atoms with Crippen molar-refractivity contribution in [1.29, 1.82) is 0 Å². The molecule has 0 unspecified atom stereocenters. The first kappa shape index (κ1) is 32.2. The smallest absolute Gasteiger partial charge is 0.410 e. The van der Waals surface area contributed by atoms with Crippen LogP contribution in [0.1, 0.15) is 74.2 Å². The van der Waals surface area contributed by atoms with Crippen molar-refractivity contribution in [2.45, 2.75) is 71.8 Å². The topological polar surface area (TPSA) is 121 Å². The van der Waals surface area contributed by atoms with Gasteiger partial charge in [0.1, 0.15) is 22.5 Å². The largest absolute Gasteiger partial charge is 0.444 e. The number of hydrogen-bond acceptors (Lipinski definition) is 7. The minimum atomic E-state index is -1.50. The highest BCUT2D eigenvalue weighted by atomic mass is 16.6. The number of morpholine rings is 1. The number of amides is 2. The third kappa shape index (κ3) is 6.87. The Morgan fingerprint density at radius 1 is 1.09 bits per heavy atom. The first-order valence-electron chi connectivity index (χ1n) is 15.9. The van der Waals surface area contributed by atoms with Gasteiger partial charge in [-0.3, -0.25) is 9.69 Å². The lowest BCUT2D eigenvalue weighted by molar-refractivity contribution is -0.148. The molecule has 1 atom stereocenters. The molecule has 2 aliphatic heterocycles. The SMILES string of the molecule is Cc1cccnc1C#Cc1c[nH]c2ncc(-c3cc4c(c([C@@H]5COCCN5C(=O)OC(C)(C)C)c3)CN(C(=O)C(C)(C)O)CC4)cc12. The van der Waals surface area contributed by atoms with Gasteiger partial charge in [0, 0.05) is 49.2 Å². The number of benzene rings is 1.